The molecule has 0 saturated carbocycles. The highest BCUT2D eigenvalue weighted by Gasteiger charge is 2.36. The van der Waals surface area contributed by atoms with Gasteiger partial charge in [-0.25, -0.2) is 9.50 Å². The van der Waals surface area contributed by atoms with Crippen molar-refractivity contribution in [1.82, 2.24) is 24.4 Å². The third kappa shape index (κ3) is 5.14. The quantitative estimate of drug-likeness (QED) is 0.372. The summed E-state index contributed by atoms with van der Waals surface area (Å²) in [5.41, 5.74) is 0.549. The van der Waals surface area contributed by atoms with E-state index >= 15 is 0 Å². The maximum absolute atomic E-state index is 13.9. The monoisotopic (exact) mass is 525 g/mol. The molecule has 4 aromatic rings. The van der Waals surface area contributed by atoms with Gasteiger partial charge < -0.3 is 14.4 Å². The van der Waals surface area contributed by atoms with E-state index < -0.39 is 17.8 Å². The minimum atomic E-state index is -4.69. The van der Waals surface area contributed by atoms with Crippen LogP contribution in [0.4, 0.5) is 13.2 Å². The molecule has 2 aromatic heterocycles. The molecule has 0 radical (unpaired) electrons. The van der Waals surface area contributed by atoms with E-state index in [2.05, 4.69) is 15.0 Å². The lowest BCUT2D eigenvalue weighted by Gasteiger charge is -2.34. The number of nitrogens with zero attached hydrogens (tertiary/aromatic N) is 5. The summed E-state index contributed by atoms with van der Waals surface area (Å²) in [5, 5.41) is 3.89. The van der Waals surface area contributed by atoms with Crippen LogP contribution in [0.3, 0.4) is 0 Å². The predicted molar refractivity (Wildman–Crippen MR) is 134 cm³/mol. The van der Waals surface area contributed by atoms with E-state index in [4.69, 9.17) is 9.47 Å². The van der Waals surface area contributed by atoms with Gasteiger partial charge in [-0.1, -0.05) is 12.1 Å². The Morgan fingerprint density at radius 1 is 0.947 bits per heavy atom. The van der Waals surface area contributed by atoms with E-state index in [-0.39, 0.29) is 16.9 Å². The minimum Gasteiger partial charge on any atom is -0.497 e. The normalized spacial score (nSPS) is 14.6. The van der Waals surface area contributed by atoms with Crippen molar-refractivity contribution in [2.45, 2.75) is 12.7 Å². The first-order valence-electron chi connectivity index (χ1n) is 12.0. The topological polar surface area (TPSA) is 72.2 Å². The number of fused-ring (bicyclic) bond motifs is 1. The average Bonchev–Trinajstić information content (AvgIpc) is 3.36. The summed E-state index contributed by atoms with van der Waals surface area (Å²) < 4.78 is 53.0. The van der Waals surface area contributed by atoms with Gasteiger partial charge in [0.05, 0.1) is 26.1 Å². The van der Waals surface area contributed by atoms with Gasteiger partial charge in [-0.3, -0.25) is 9.69 Å². The van der Waals surface area contributed by atoms with Gasteiger partial charge in [-0.05, 0) is 48.0 Å². The van der Waals surface area contributed by atoms with Crippen LogP contribution < -0.4 is 9.47 Å². The van der Waals surface area contributed by atoms with Gasteiger partial charge in [-0.2, -0.15) is 18.3 Å². The lowest BCUT2D eigenvalue weighted by atomic mass is 10.1. The number of alkyl halides is 3. The van der Waals surface area contributed by atoms with Gasteiger partial charge >= 0.3 is 6.18 Å². The number of carbonyl (C=O) groups excluding carboxylic acids is 1. The fourth-order valence-electron chi connectivity index (χ4n) is 4.53. The Hall–Kier alpha value is -4.12. The Balaban J connectivity index is 1.39. The van der Waals surface area contributed by atoms with E-state index in [1.54, 1.807) is 36.3 Å². The van der Waals surface area contributed by atoms with Crippen molar-refractivity contribution < 1.29 is 27.4 Å². The van der Waals surface area contributed by atoms with Crippen LogP contribution in [0.2, 0.25) is 0 Å². The summed E-state index contributed by atoms with van der Waals surface area (Å²) in [7, 11) is 3.13. The van der Waals surface area contributed by atoms with E-state index in [0.29, 0.717) is 48.6 Å². The van der Waals surface area contributed by atoms with Crippen molar-refractivity contribution in [3.63, 3.8) is 0 Å². The number of rotatable bonds is 6. The van der Waals surface area contributed by atoms with Crippen molar-refractivity contribution in [2.24, 2.45) is 0 Å². The summed E-state index contributed by atoms with van der Waals surface area (Å²) in [4.78, 5) is 21.7. The number of hydrogen-bond acceptors (Lipinski definition) is 6. The highest BCUT2D eigenvalue weighted by atomic mass is 19.4. The van der Waals surface area contributed by atoms with Gasteiger partial charge in [0, 0.05) is 38.3 Å². The van der Waals surface area contributed by atoms with Crippen molar-refractivity contribution in [3.05, 3.63) is 77.6 Å². The van der Waals surface area contributed by atoms with E-state index in [0.717, 1.165) is 17.4 Å². The van der Waals surface area contributed by atoms with Crippen LogP contribution in [0.1, 0.15) is 21.6 Å². The molecule has 0 spiro atoms. The first-order chi connectivity index (χ1) is 18.3. The van der Waals surface area contributed by atoms with Crippen molar-refractivity contribution in [1.29, 1.82) is 0 Å². The highest BCUT2D eigenvalue weighted by molar-refractivity contribution is 6.00. The molecule has 198 valence electrons. The van der Waals surface area contributed by atoms with Crippen molar-refractivity contribution >= 4 is 11.6 Å². The van der Waals surface area contributed by atoms with Crippen molar-refractivity contribution in [3.8, 4) is 22.8 Å². The third-order valence-corrected chi connectivity index (χ3v) is 6.58. The summed E-state index contributed by atoms with van der Waals surface area (Å²) >= 11 is 0. The number of hydrogen-bond donors (Lipinski definition) is 0. The fourth-order valence-corrected chi connectivity index (χ4v) is 4.53. The molecule has 0 aliphatic carbocycles. The zero-order valence-corrected chi connectivity index (χ0v) is 20.9. The Kier molecular flexibility index (Phi) is 6.94. The molecule has 1 fully saturated rings. The Bertz CT molecular complexity index is 1440. The molecule has 1 amide bonds. The standard InChI is InChI=1S/C27H26F3N5O3/c1-37-20-8-6-19(7-9-20)23-15-24(27(28,29)30)35-25(32-23)22(16-31-35)26(36)34-12-10-33(11-13-34)17-18-4-3-5-21(14-18)38-2/h3-9,14-16H,10-13,17H2,1-2H3. The first kappa shape index (κ1) is 25.5. The van der Waals surface area contributed by atoms with Crippen LogP contribution in [-0.4, -0.2) is 70.7 Å². The first-order valence-corrected chi connectivity index (χ1v) is 12.0. The number of ether oxygens (including phenoxy) is 2. The zero-order valence-electron chi connectivity index (χ0n) is 20.9. The van der Waals surface area contributed by atoms with Gasteiger partial charge in [0.15, 0.2) is 11.3 Å². The molecule has 11 heteroatoms. The van der Waals surface area contributed by atoms with Gasteiger partial charge in [0.25, 0.3) is 5.91 Å². The molecular formula is C27H26F3N5O3. The molecule has 38 heavy (non-hydrogen) atoms. The van der Waals surface area contributed by atoms with E-state index in [1.807, 2.05) is 24.3 Å². The number of amides is 1. The molecule has 0 bridgehead atoms. The fraction of sp³-hybridized carbons (Fsp3) is 0.296. The highest BCUT2D eigenvalue weighted by Crippen LogP contribution is 2.33. The number of carbonyl (C=O) groups is 1. The molecule has 8 nitrogen and oxygen atoms in total. The second-order valence-electron chi connectivity index (χ2n) is 8.97. The largest absolute Gasteiger partial charge is 0.497 e. The van der Waals surface area contributed by atoms with Crippen LogP contribution in [0.5, 0.6) is 11.5 Å². The number of piperazine rings is 1. The summed E-state index contributed by atoms with van der Waals surface area (Å²) in [6.45, 7) is 2.83. The predicted octanol–water partition coefficient (Wildman–Crippen LogP) is 4.39. The molecule has 2 aromatic carbocycles. The SMILES string of the molecule is COc1ccc(-c2cc(C(F)(F)F)n3ncc(C(=O)N4CCN(Cc5cccc(OC)c5)CC4)c3n2)cc1. The lowest BCUT2D eigenvalue weighted by molar-refractivity contribution is -0.142. The second-order valence-corrected chi connectivity index (χ2v) is 8.97. The number of halogens is 3. The van der Waals surface area contributed by atoms with Gasteiger partial charge in [-0.15, -0.1) is 0 Å². The zero-order chi connectivity index (χ0) is 26.9. The summed E-state index contributed by atoms with van der Waals surface area (Å²) in [5.74, 6) is 0.953. The molecule has 3 heterocycles. The molecule has 5 rings (SSSR count). The molecule has 1 aliphatic rings. The van der Waals surface area contributed by atoms with Crippen molar-refractivity contribution in [2.75, 3.05) is 40.4 Å². The minimum absolute atomic E-state index is 0.0344. The molecule has 1 saturated heterocycles. The Labute approximate surface area is 217 Å². The lowest BCUT2D eigenvalue weighted by Crippen LogP contribution is -2.48. The molecule has 0 atom stereocenters. The second kappa shape index (κ2) is 10.3. The molecule has 1 aliphatic heterocycles. The van der Waals surface area contributed by atoms with E-state index in [9.17, 15) is 18.0 Å². The smallest absolute Gasteiger partial charge is 0.433 e. The van der Waals surface area contributed by atoms with Crippen LogP contribution in [0.25, 0.3) is 16.9 Å². The maximum Gasteiger partial charge on any atom is 0.433 e. The maximum atomic E-state index is 13.9. The Morgan fingerprint density at radius 3 is 2.32 bits per heavy atom. The van der Waals surface area contributed by atoms with Crippen LogP contribution in [-0.2, 0) is 12.7 Å². The van der Waals surface area contributed by atoms with Gasteiger partial charge in [0.1, 0.15) is 17.1 Å². The molecule has 0 N–H and O–H groups in total. The van der Waals surface area contributed by atoms with E-state index in [1.165, 1.54) is 13.3 Å². The number of benzene rings is 2. The summed E-state index contributed by atoms with van der Waals surface area (Å²) in [6, 6.07) is 15.3. The van der Waals surface area contributed by atoms with Crippen LogP contribution in [0.15, 0.2) is 60.8 Å². The average molecular weight is 526 g/mol. The third-order valence-electron chi connectivity index (χ3n) is 6.58. The number of methoxy groups -OCH3 is 2. The molecule has 0 unspecified atom stereocenters. The Morgan fingerprint density at radius 2 is 1.66 bits per heavy atom. The molecular weight excluding hydrogens is 499 g/mol. The van der Waals surface area contributed by atoms with Crippen LogP contribution >= 0.6 is 0 Å². The summed E-state index contributed by atoms with van der Waals surface area (Å²) in [6.07, 6.45) is -3.53. The van der Waals surface area contributed by atoms with Crippen LogP contribution in [0, 0.1) is 0 Å². The van der Waals surface area contributed by atoms with Gasteiger partial charge in [0.2, 0.25) is 0 Å². The number of aromatic nitrogens is 3.